The fraction of sp³-hybridized carbons (Fsp3) is 0.565. The number of para-hydroxylation sites is 1. The van der Waals surface area contributed by atoms with Gasteiger partial charge in [0.2, 0.25) is 5.91 Å². The van der Waals surface area contributed by atoms with Crippen LogP contribution in [-0.4, -0.2) is 61.1 Å². The van der Waals surface area contributed by atoms with Crippen LogP contribution >= 0.6 is 0 Å². The summed E-state index contributed by atoms with van der Waals surface area (Å²) in [5, 5.41) is 8.10. The average molecular weight is 413 g/mol. The summed E-state index contributed by atoms with van der Waals surface area (Å²) >= 11 is 0. The number of rotatable bonds is 10. The van der Waals surface area contributed by atoms with E-state index in [0.717, 1.165) is 77.3 Å². The van der Waals surface area contributed by atoms with Crippen molar-refractivity contribution in [1.82, 2.24) is 20.1 Å². The van der Waals surface area contributed by atoms with Gasteiger partial charge in [-0.05, 0) is 69.3 Å². The number of aliphatic imine (C=N–C) groups is 1. The first kappa shape index (κ1) is 22.2. The summed E-state index contributed by atoms with van der Waals surface area (Å²) < 4.78 is 2.31. The molecule has 0 radical (unpaired) electrons. The number of carbonyl (C=O) groups is 1. The molecule has 1 aromatic heterocycles. The monoisotopic (exact) mass is 412 g/mol. The third kappa shape index (κ3) is 6.49. The van der Waals surface area contributed by atoms with Crippen molar-refractivity contribution >= 4 is 22.8 Å². The van der Waals surface area contributed by atoms with E-state index in [-0.39, 0.29) is 11.8 Å². The largest absolute Gasteiger partial charge is 0.369 e. The van der Waals surface area contributed by atoms with E-state index < -0.39 is 0 Å². The van der Waals surface area contributed by atoms with Gasteiger partial charge >= 0.3 is 0 Å². The van der Waals surface area contributed by atoms with E-state index in [1.54, 1.807) is 0 Å². The second-order valence-corrected chi connectivity index (χ2v) is 8.07. The number of amides is 1. The van der Waals surface area contributed by atoms with E-state index in [2.05, 4.69) is 61.6 Å². The lowest BCUT2D eigenvalue weighted by molar-refractivity contribution is -0.123. The molecule has 2 aromatic rings. The summed E-state index contributed by atoms with van der Waals surface area (Å²) in [6.45, 7) is 5.86. The number of aromatic nitrogens is 1. The summed E-state index contributed by atoms with van der Waals surface area (Å²) in [4.78, 5) is 18.0. The number of guanidine groups is 1. The number of aryl methyl sites for hydroxylation is 1. The minimum Gasteiger partial charge on any atom is -0.369 e. The van der Waals surface area contributed by atoms with Crippen molar-refractivity contribution in [3.63, 3.8) is 0 Å². The molecule has 1 fully saturated rings. The molecule has 4 N–H and O–H groups in total. The fourth-order valence-electron chi connectivity index (χ4n) is 4.12. The van der Waals surface area contributed by atoms with Crippen LogP contribution in [0, 0.1) is 5.92 Å². The highest BCUT2D eigenvalue weighted by atomic mass is 16.1. The number of fused-ring (bicyclic) bond motifs is 1. The van der Waals surface area contributed by atoms with Crippen molar-refractivity contribution in [2.45, 2.75) is 38.6 Å². The summed E-state index contributed by atoms with van der Waals surface area (Å²) in [6.07, 6.45) is 7.26. The van der Waals surface area contributed by atoms with E-state index in [0.29, 0.717) is 0 Å². The predicted octanol–water partition coefficient (Wildman–Crippen LogP) is 2.17. The quantitative estimate of drug-likeness (QED) is 0.317. The number of likely N-dealkylation sites (tertiary alicyclic amines) is 1. The first-order valence-corrected chi connectivity index (χ1v) is 11.2. The van der Waals surface area contributed by atoms with Gasteiger partial charge in [-0.2, -0.15) is 0 Å². The lowest BCUT2D eigenvalue weighted by Gasteiger charge is -2.30. The van der Waals surface area contributed by atoms with Gasteiger partial charge in [-0.1, -0.05) is 18.2 Å². The van der Waals surface area contributed by atoms with Crippen molar-refractivity contribution in [2.75, 3.05) is 39.8 Å². The second-order valence-electron chi connectivity index (χ2n) is 8.07. The van der Waals surface area contributed by atoms with Crippen LogP contribution in [-0.2, 0) is 11.3 Å². The third-order valence-corrected chi connectivity index (χ3v) is 5.96. The number of nitrogens with two attached hydrogens (primary N) is 1. The molecule has 7 nitrogen and oxygen atoms in total. The Kier molecular flexibility index (Phi) is 8.56. The molecule has 164 valence electrons. The molecule has 1 saturated heterocycles. The molecule has 7 heteroatoms. The molecule has 0 spiro atoms. The molecule has 1 aliphatic heterocycles. The highest BCUT2D eigenvalue weighted by Gasteiger charge is 2.22. The Morgan fingerprint density at radius 1 is 1.07 bits per heavy atom. The SMILES string of the molecule is CN=C(NCCCCN1CCC(C(N)=O)CC1)NCCCn1ccc2ccccc21. The zero-order chi connectivity index (χ0) is 21.2. The van der Waals surface area contributed by atoms with Crippen molar-refractivity contribution in [3.05, 3.63) is 36.5 Å². The molecule has 3 rings (SSSR count). The molecule has 1 aromatic carbocycles. The fourth-order valence-corrected chi connectivity index (χ4v) is 4.12. The molecule has 1 amide bonds. The molecule has 2 heterocycles. The number of nitrogens with one attached hydrogen (secondary N) is 2. The van der Waals surface area contributed by atoms with Crippen LogP contribution in [0.5, 0.6) is 0 Å². The molecule has 30 heavy (non-hydrogen) atoms. The number of primary amides is 1. The second kappa shape index (κ2) is 11.6. The first-order chi connectivity index (χ1) is 14.7. The number of unbranched alkanes of at least 4 members (excludes halogenated alkanes) is 1. The molecule has 0 bridgehead atoms. The maximum Gasteiger partial charge on any atom is 0.220 e. The number of hydrogen-bond donors (Lipinski definition) is 3. The Hall–Kier alpha value is -2.54. The molecule has 0 atom stereocenters. The summed E-state index contributed by atoms with van der Waals surface area (Å²) in [6, 6.07) is 10.7. The van der Waals surface area contributed by atoms with Crippen molar-refractivity contribution in [2.24, 2.45) is 16.6 Å². The van der Waals surface area contributed by atoms with Crippen LogP contribution in [0.4, 0.5) is 0 Å². The minimum atomic E-state index is -0.139. The molecule has 0 unspecified atom stereocenters. The van der Waals surface area contributed by atoms with Crippen LogP contribution in [0.3, 0.4) is 0 Å². The Balaban J connectivity index is 1.24. The van der Waals surface area contributed by atoms with Gasteiger partial charge in [0, 0.05) is 44.3 Å². The van der Waals surface area contributed by atoms with Gasteiger partial charge in [0.25, 0.3) is 0 Å². The van der Waals surface area contributed by atoms with E-state index in [9.17, 15) is 4.79 Å². The lowest BCUT2D eigenvalue weighted by Crippen LogP contribution is -2.40. The predicted molar refractivity (Wildman–Crippen MR) is 124 cm³/mol. The van der Waals surface area contributed by atoms with E-state index in [1.165, 1.54) is 10.9 Å². The van der Waals surface area contributed by atoms with Crippen LogP contribution in [0.1, 0.15) is 32.1 Å². The topological polar surface area (TPSA) is 87.7 Å². The molecular weight excluding hydrogens is 376 g/mol. The average Bonchev–Trinajstić information content (AvgIpc) is 3.18. The Labute approximate surface area is 179 Å². The number of benzene rings is 1. The summed E-state index contributed by atoms with van der Waals surface area (Å²) in [7, 11) is 1.82. The number of hydrogen-bond acceptors (Lipinski definition) is 3. The molecule has 0 saturated carbocycles. The highest BCUT2D eigenvalue weighted by molar-refractivity contribution is 5.80. The third-order valence-electron chi connectivity index (χ3n) is 5.96. The molecular formula is C23H36N6O. The van der Waals surface area contributed by atoms with Crippen molar-refractivity contribution in [3.8, 4) is 0 Å². The summed E-state index contributed by atoms with van der Waals surface area (Å²) in [5.41, 5.74) is 6.69. The molecule has 0 aliphatic carbocycles. The Morgan fingerprint density at radius 2 is 1.80 bits per heavy atom. The van der Waals surface area contributed by atoms with E-state index >= 15 is 0 Å². The van der Waals surface area contributed by atoms with Crippen LogP contribution in [0.2, 0.25) is 0 Å². The number of piperidine rings is 1. The Bertz CT molecular complexity index is 822. The zero-order valence-electron chi connectivity index (χ0n) is 18.1. The number of nitrogens with zero attached hydrogens (tertiary/aromatic N) is 3. The minimum absolute atomic E-state index is 0.0774. The normalized spacial score (nSPS) is 16.1. The van der Waals surface area contributed by atoms with E-state index in [4.69, 9.17) is 5.73 Å². The van der Waals surface area contributed by atoms with Gasteiger partial charge in [-0.25, -0.2) is 0 Å². The summed E-state index contributed by atoms with van der Waals surface area (Å²) in [5.74, 6) is 0.808. The van der Waals surface area contributed by atoms with Crippen LogP contribution < -0.4 is 16.4 Å². The van der Waals surface area contributed by atoms with Crippen molar-refractivity contribution in [1.29, 1.82) is 0 Å². The standard InChI is InChI=1S/C23H36N6O/c1-25-23(26-12-4-5-14-28-16-9-20(10-17-28)22(24)30)27-13-6-15-29-18-11-19-7-2-3-8-21(19)29/h2-3,7-8,11,18,20H,4-6,9-10,12-17H2,1H3,(H2,24,30)(H2,25,26,27). The maximum atomic E-state index is 11.2. The zero-order valence-corrected chi connectivity index (χ0v) is 18.1. The maximum absolute atomic E-state index is 11.2. The van der Waals surface area contributed by atoms with Gasteiger partial charge in [-0.15, -0.1) is 0 Å². The Morgan fingerprint density at radius 3 is 2.53 bits per heavy atom. The highest BCUT2D eigenvalue weighted by Crippen LogP contribution is 2.17. The van der Waals surface area contributed by atoms with Gasteiger partial charge in [0.15, 0.2) is 5.96 Å². The van der Waals surface area contributed by atoms with Gasteiger partial charge < -0.3 is 25.8 Å². The van der Waals surface area contributed by atoms with Crippen molar-refractivity contribution < 1.29 is 4.79 Å². The van der Waals surface area contributed by atoms with E-state index in [1.807, 2.05) is 7.05 Å². The van der Waals surface area contributed by atoms with Crippen LogP contribution in [0.15, 0.2) is 41.5 Å². The smallest absolute Gasteiger partial charge is 0.220 e. The van der Waals surface area contributed by atoms with Gasteiger partial charge in [0.1, 0.15) is 0 Å². The van der Waals surface area contributed by atoms with Gasteiger partial charge in [-0.3, -0.25) is 9.79 Å². The first-order valence-electron chi connectivity index (χ1n) is 11.2. The lowest BCUT2D eigenvalue weighted by atomic mass is 9.96. The number of carbonyl (C=O) groups excluding carboxylic acids is 1. The van der Waals surface area contributed by atoms with Gasteiger partial charge in [0.05, 0.1) is 0 Å². The molecule has 1 aliphatic rings. The van der Waals surface area contributed by atoms with Crippen LogP contribution in [0.25, 0.3) is 10.9 Å².